The summed E-state index contributed by atoms with van der Waals surface area (Å²) in [4.78, 5) is 10.5. The topological polar surface area (TPSA) is 55.1 Å². The van der Waals surface area contributed by atoms with Crippen molar-refractivity contribution in [2.75, 3.05) is 0 Å². The van der Waals surface area contributed by atoms with E-state index in [4.69, 9.17) is 5.11 Å². The Hall–Kier alpha value is -2.57. The van der Waals surface area contributed by atoms with E-state index in [0.29, 0.717) is 16.8 Å². The first kappa shape index (κ1) is 14.8. The zero-order chi connectivity index (χ0) is 15.6. The molecule has 0 bridgehead atoms. The predicted octanol–water partition coefficient (Wildman–Crippen LogP) is 3.20. The molecule has 0 spiro atoms. The van der Waals surface area contributed by atoms with Gasteiger partial charge in [-0.05, 0) is 18.2 Å². The number of aryl methyl sites for hydroxylation is 1. The summed E-state index contributed by atoms with van der Waals surface area (Å²) in [6, 6.07) is 4.62. The van der Waals surface area contributed by atoms with Crippen LogP contribution in [0.25, 0.3) is 17.3 Å². The smallest absolute Gasteiger partial charge is 0.416 e. The zero-order valence-corrected chi connectivity index (χ0v) is 10.9. The fourth-order valence-electron chi connectivity index (χ4n) is 1.91. The van der Waals surface area contributed by atoms with Gasteiger partial charge in [0.05, 0.1) is 17.5 Å². The zero-order valence-electron chi connectivity index (χ0n) is 10.9. The van der Waals surface area contributed by atoms with E-state index >= 15 is 0 Å². The molecule has 0 saturated carbocycles. The third kappa shape index (κ3) is 3.31. The summed E-state index contributed by atoms with van der Waals surface area (Å²) in [6.45, 7) is 0. The van der Waals surface area contributed by atoms with Gasteiger partial charge in [0.1, 0.15) is 0 Å². The minimum atomic E-state index is -4.39. The molecule has 1 aromatic heterocycles. The van der Waals surface area contributed by atoms with Gasteiger partial charge in [-0.3, -0.25) is 4.68 Å². The normalized spacial score (nSPS) is 12.0. The second-order valence-corrected chi connectivity index (χ2v) is 4.32. The molecule has 7 heteroatoms. The summed E-state index contributed by atoms with van der Waals surface area (Å²) in [6.07, 6.45) is -0.642. The Balaban J connectivity index is 2.42. The monoisotopic (exact) mass is 296 g/mol. The summed E-state index contributed by atoms with van der Waals surface area (Å²) in [7, 11) is 1.63. The number of carboxylic acid groups (broad SMARTS) is 1. The second kappa shape index (κ2) is 5.43. The highest BCUT2D eigenvalue weighted by atomic mass is 19.4. The fraction of sp³-hybridized carbons (Fsp3) is 0.143. The van der Waals surface area contributed by atoms with E-state index in [-0.39, 0.29) is 0 Å². The maximum atomic E-state index is 12.5. The van der Waals surface area contributed by atoms with Gasteiger partial charge in [-0.1, -0.05) is 12.1 Å². The first-order chi connectivity index (χ1) is 9.79. The number of halogens is 3. The van der Waals surface area contributed by atoms with E-state index in [9.17, 15) is 18.0 Å². The number of aliphatic carboxylic acids is 1. The summed E-state index contributed by atoms with van der Waals surface area (Å²) >= 11 is 0. The maximum absolute atomic E-state index is 12.5. The van der Waals surface area contributed by atoms with E-state index < -0.39 is 17.7 Å². The van der Waals surface area contributed by atoms with Crippen LogP contribution in [0.5, 0.6) is 0 Å². The standard InChI is InChI=1S/C14H11F3N2O2/c1-19-13(10(8-18-19)4-7-12(20)21)9-2-5-11(6-3-9)14(15,16)17/h2-8H,1H3,(H,20,21)/b7-4+. The molecule has 0 amide bonds. The van der Waals surface area contributed by atoms with Crippen molar-refractivity contribution in [2.24, 2.45) is 7.05 Å². The van der Waals surface area contributed by atoms with E-state index in [1.807, 2.05) is 0 Å². The van der Waals surface area contributed by atoms with Crippen LogP contribution in [0, 0.1) is 0 Å². The Labute approximate surface area is 118 Å². The minimum Gasteiger partial charge on any atom is -0.478 e. The van der Waals surface area contributed by atoms with Crippen molar-refractivity contribution in [3.05, 3.63) is 47.7 Å². The van der Waals surface area contributed by atoms with Gasteiger partial charge in [0, 0.05) is 24.3 Å². The Kier molecular flexibility index (Phi) is 3.84. The molecule has 4 nitrogen and oxygen atoms in total. The fourth-order valence-corrected chi connectivity index (χ4v) is 1.91. The van der Waals surface area contributed by atoms with Gasteiger partial charge in [0.25, 0.3) is 0 Å². The van der Waals surface area contributed by atoms with Crippen LogP contribution in [-0.4, -0.2) is 20.9 Å². The van der Waals surface area contributed by atoms with Crippen molar-refractivity contribution in [1.29, 1.82) is 0 Å². The quantitative estimate of drug-likeness (QED) is 0.885. The number of hydrogen-bond donors (Lipinski definition) is 1. The van der Waals surface area contributed by atoms with Crippen LogP contribution in [0.2, 0.25) is 0 Å². The van der Waals surface area contributed by atoms with Crippen molar-refractivity contribution >= 4 is 12.0 Å². The summed E-state index contributed by atoms with van der Waals surface area (Å²) in [5.41, 5.74) is 0.838. The van der Waals surface area contributed by atoms with Crippen LogP contribution < -0.4 is 0 Å². The van der Waals surface area contributed by atoms with E-state index in [1.54, 1.807) is 7.05 Å². The van der Waals surface area contributed by atoms with Crippen LogP contribution in [-0.2, 0) is 18.0 Å². The first-order valence-electron chi connectivity index (χ1n) is 5.89. The van der Waals surface area contributed by atoms with Crippen molar-refractivity contribution in [3.63, 3.8) is 0 Å². The molecule has 0 atom stereocenters. The number of aromatic nitrogens is 2. The Morgan fingerprint density at radius 3 is 2.43 bits per heavy atom. The van der Waals surface area contributed by atoms with Gasteiger partial charge >= 0.3 is 12.1 Å². The molecule has 0 unspecified atom stereocenters. The largest absolute Gasteiger partial charge is 0.478 e. The predicted molar refractivity (Wildman–Crippen MR) is 70.3 cm³/mol. The van der Waals surface area contributed by atoms with E-state index in [0.717, 1.165) is 18.2 Å². The van der Waals surface area contributed by atoms with Gasteiger partial charge in [-0.25, -0.2) is 4.79 Å². The highest BCUT2D eigenvalue weighted by Gasteiger charge is 2.30. The molecule has 1 N–H and O–H groups in total. The average molecular weight is 296 g/mol. The number of carbonyl (C=O) groups is 1. The molecule has 2 aromatic rings. The van der Waals surface area contributed by atoms with Crippen LogP contribution in [0.15, 0.2) is 36.5 Å². The minimum absolute atomic E-state index is 0.514. The Morgan fingerprint density at radius 1 is 1.29 bits per heavy atom. The number of hydrogen-bond acceptors (Lipinski definition) is 2. The number of carboxylic acids is 1. The molecule has 1 aromatic carbocycles. The SMILES string of the molecule is Cn1ncc(/C=C/C(=O)O)c1-c1ccc(C(F)(F)F)cc1. The lowest BCUT2D eigenvalue weighted by Crippen LogP contribution is -2.04. The van der Waals surface area contributed by atoms with Gasteiger partial charge in [0.2, 0.25) is 0 Å². The van der Waals surface area contributed by atoms with Gasteiger partial charge in [-0.15, -0.1) is 0 Å². The Morgan fingerprint density at radius 2 is 1.90 bits per heavy atom. The van der Waals surface area contributed by atoms with Crippen LogP contribution in [0.1, 0.15) is 11.1 Å². The maximum Gasteiger partial charge on any atom is 0.416 e. The Bertz CT molecular complexity index is 685. The van der Waals surface area contributed by atoms with Crippen LogP contribution in [0.3, 0.4) is 0 Å². The number of rotatable bonds is 3. The van der Waals surface area contributed by atoms with Crippen molar-refractivity contribution in [2.45, 2.75) is 6.18 Å². The summed E-state index contributed by atoms with van der Waals surface area (Å²) < 4.78 is 39.1. The molecule has 0 radical (unpaired) electrons. The number of nitrogens with zero attached hydrogens (tertiary/aromatic N) is 2. The van der Waals surface area contributed by atoms with Crippen LogP contribution in [0.4, 0.5) is 13.2 Å². The number of benzene rings is 1. The highest BCUT2D eigenvalue weighted by molar-refractivity contribution is 5.87. The molecule has 0 aliphatic heterocycles. The van der Waals surface area contributed by atoms with Gasteiger partial charge in [-0.2, -0.15) is 18.3 Å². The highest BCUT2D eigenvalue weighted by Crippen LogP contribution is 2.31. The lowest BCUT2D eigenvalue weighted by atomic mass is 10.1. The lowest BCUT2D eigenvalue weighted by Gasteiger charge is -2.08. The van der Waals surface area contributed by atoms with Crippen molar-refractivity contribution in [3.8, 4) is 11.3 Å². The molecule has 2 rings (SSSR count). The third-order valence-electron chi connectivity index (χ3n) is 2.86. The van der Waals surface area contributed by atoms with E-state index in [1.165, 1.54) is 29.1 Å². The molecule has 0 aliphatic carbocycles. The van der Waals surface area contributed by atoms with Gasteiger partial charge < -0.3 is 5.11 Å². The summed E-state index contributed by atoms with van der Waals surface area (Å²) in [5, 5.41) is 12.6. The first-order valence-corrected chi connectivity index (χ1v) is 5.89. The summed E-state index contributed by atoms with van der Waals surface area (Å²) in [5.74, 6) is -1.11. The molecule has 0 fully saturated rings. The van der Waals surface area contributed by atoms with Crippen molar-refractivity contribution in [1.82, 2.24) is 9.78 Å². The molecular weight excluding hydrogens is 285 g/mol. The molecule has 0 saturated heterocycles. The number of alkyl halides is 3. The van der Waals surface area contributed by atoms with Crippen molar-refractivity contribution < 1.29 is 23.1 Å². The second-order valence-electron chi connectivity index (χ2n) is 4.32. The molecule has 1 heterocycles. The van der Waals surface area contributed by atoms with E-state index in [2.05, 4.69) is 5.10 Å². The molecule has 21 heavy (non-hydrogen) atoms. The van der Waals surface area contributed by atoms with Crippen LogP contribution >= 0.6 is 0 Å². The lowest BCUT2D eigenvalue weighted by molar-refractivity contribution is -0.137. The molecular formula is C14H11F3N2O2. The third-order valence-corrected chi connectivity index (χ3v) is 2.86. The molecule has 110 valence electrons. The average Bonchev–Trinajstić information content (AvgIpc) is 2.76. The molecule has 0 aliphatic rings. The van der Waals surface area contributed by atoms with Gasteiger partial charge in [0.15, 0.2) is 0 Å².